The number of pyridine rings is 1. The van der Waals surface area contributed by atoms with Gasteiger partial charge in [-0.15, -0.1) is 0 Å². The molecule has 0 unspecified atom stereocenters. The van der Waals surface area contributed by atoms with Gasteiger partial charge in [0, 0.05) is 30.9 Å². The predicted octanol–water partition coefficient (Wildman–Crippen LogP) is 4.16. The number of carbonyl (C=O) groups excluding carboxylic acids is 1. The number of aliphatic hydroxyl groups is 2. The SMILES string of the molecule is C[C@@H]1CCC[C@@](O)(CNC(=O)c2c(Cl)ccc3nc(N4CC[C@@H](C(C)(C)O)C4)ccc23)C1. The van der Waals surface area contributed by atoms with E-state index in [9.17, 15) is 15.0 Å². The summed E-state index contributed by atoms with van der Waals surface area (Å²) < 4.78 is 0. The second-order valence-electron chi connectivity index (χ2n) is 10.4. The lowest BCUT2D eigenvalue weighted by atomic mass is 9.79. The average Bonchev–Trinajstić information content (AvgIpc) is 3.22. The lowest BCUT2D eigenvalue weighted by Crippen LogP contribution is -2.45. The van der Waals surface area contributed by atoms with Crippen molar-refractivity contribution >= 4 is 34.2 Å². The molecule has 0 bridgehead atoms. The molecular weight excluding hydrogens is 426 g/mol. The fourth-order valence-corrected chi connectivity index (χ4v) is 5.50. The van der Waals surface area contributed by atoms with Gasteiger partial charge in [-0.3, -0.25) is 4.79 Å². The van der Waals surface area contributed by atoms with Gasteiger partial charge in [0.15, 0.2) is 0 Å². The summed E-state index contributed by atoms with van der Waals surface area (Å²) in [5.74, 6) is 1.20. The molecule has 6 nitrogen and oxygen atoms in total. The highest BCUT2D eigenvalue weighted by Crippen LogP contribution is 2.34. The number of fused-ring (bicyclic) bond motifs is 1. The third kappa shape index (κ3) is 4.87. The Bertz CT molecular complexity index is 1010. The van der Waals surface area contributed by atoms with Gasteiger partial charge in [0.05, 0.1) is 27.3 Å². The van der Waals surface area contributed by atoms with Gasteiger partial charge >= 0.3 is 0 Å². The number of halogens is 1. The van der Waals surface area contributed by atoms with Crippen LogP contribution in [0.25, 0.3) is 10.9 Å². The Morgan fingerprint density at radius 3 is 2.78 bits per heavy atom. The minimum atomic E-state index is -0.859. The summed E-state index contributed by atoms with van der Waals surface area (Å²) in [7, 11) is 0. The zero-order chi connectivity index (χ0) is 23.1. The van der Waals surface area contributed by atoms with Gasteiger partial charge in [-0.25, -0.2) is 4.98 Å². The van der Waals surface area contributed by atoms with E-state index in [-0.39, 0.29) is 18.4 Å². The fourth-order valence-electron chi connectivity index (χ4n) is 5.24. The van der Waals surface area contributed by atoms with Crippen LogP contribution in [0.2, 0.25) is 5.02 Å². The van der Waals surface area contributed by atoms with E-state index in [1.54, 1.807) is 6.07 Å². The van der Waals surface area contributed by atoms with E-state index < -0.39 is 11.2 Å². The molecule has 3 atom stereocenters. The molecular formula is C25H34ClN3O3. The number of carbonyl (C=O) groups is 1. The third-order valence-electron chi connectivity index (χ3n) is 7.19. The van der Waals surface area contributed by atoms with Crippen LogP contribution in [0.3, 0.4) is 0 Å². The molecule has 7 heteroatoms. The number of benzene rings is 1. The predicted molar refractivity (Wildman–Crippen MR) is 128 cm³/mol. The zero-order valence-electron chi connectivity index (χ0n) is 19.2. The summed E-state index contributed by atoms with van der Waals surface area (Å²) in [5, 5.41) is 25.2. The lowest BCUT2D eigenvalue weighted by Gasteiger charge is -2.35. The number of anilines is 1. The van der Waals surface area contributed by atoms with Crippen molar-refractivity contribution in [2.24, 2.45) is 11.8 Å². The smallest absolute Gasteiger partial charge is 0.253 e. The first-order valence-electron chi connectivity index (χ1n) is 11.6. The Morgan fingerprint density at radius 2 is 2.09 bits per heavy atom. The maximum absolute atomic E-state index is 13.1. The number of hydrogen-bond donors (Lipinski definition) is 3. The van der Waals surface area contributed by atoms with E-state index in [0.717, 1.165) is 38.2 Å². The minimum absolute atomic E-state index is 0.194. The van der Waals surface area contributed by atoms with Gasteiger partial charge in [0.25, 0.3) is 5.91 Å². The number of rotatable bonds is 5. The van der Waals surface area contributed by atoms with Crippen molar-refractivity contribution in [2.75, 3.05) is 24.5 Å². The van der Waals surface area contributed by atoms with E-state index in [4.69, 9.17) is 16.6 Å². The Kier molecular flexibility index (Phi) is 6.40. The van der Waals surface area contributed by atoms with Crippen LogP contribution in [0.1, 0.15) is 63.2 Å². The summed E-state index contributed by atoms with van der Waals surface area (Å²) >= 11 is 6.42. The first kappa shape index (κ1) is 23.3. The van der Waals surface area contributed by atoms with E-state index in [0.29, 0.717) is 40.2 Å². The number of aromatic nitrogens is 1. The maximum atomic E-state index is 13.1. The first-order chi connectivity index (χ1) is 15.1. The van der Waals surface area contributed by atoms with Crippen LogP contribution in [0.4, 0.5) is 5.82 Å². The molecule has 0 spiro atoms. The quantitative estimate of drug-likeness (QED) is 0.625. The molecule has 32 heavy (non-hydrogen) atoms. The highest BCUT2D eigenvalue weighted by Gasteiger charge is 2.35. The second kappa shape index (κ2) is 8.81. The second-order valence-corrected chi connectivity index (χ2v) is 10.8. The highest BCUT2D eigenvalue weighted by atomic mass is 35.5. The number of amides is 1. The van der Waals surface area contributed by atoms with Gasteiger partial charge in [0.2, 0.25) is 0 Å². The molecule has 0 radical (unpaired) electrons. The Balaban J connectivity index is 1.53. The summed E-state index contributed by atoms with van der Waals surface area (Å²) in [6.45, 7) is 7.66. The van der Waals surface area contributed by atoms with Crippen molar-refractivity contribution < 1.29 is 15.0 Å². The molecule has 3 N–H and O–H groups in total. The molecule has 1 saturated heterocycles. The van der Waals surface area contributed by atoms with E-state index >= 15 is 0 Å². The first-order valence-corrected chi connectivity index (χ1v) is 12.0. The number of hydrogen-bond acceptors (Lipinski definition) is 5. The van der Waals surface area contributed by atoms with Gasteiger partial charge in [-0.1, -0.05) is 31.4 Å². The third-order valence-corrected chi connectivity index (χ3v) is 7.50. The Hall–Kier alpha value is -1.89. The van der Waals surface area contributed by atoms with E-state index in [2.05, 4.69) is 17.1 Å². The fraction of sp³-hybridized carbons (Fsp3) is 0.600. The summed E-state index contributed by atoms with van der Waals surface area (Å²) in [4.78, 5) is 20.0. The maximum Gasteiger partial charge on any atom is 0.253 e. The molecule has 1 amide bonds. The van der Waals surface area contributed by atoms with Gasteiger partial charge < -0.3 is 20.4 Å². The molecule has 1 aromatic heterocycles. The zero-order valence-corrected chi connectivity index (χ0v) is 20.0. The van der Waals surface area contributed by atoms with Crippen LogP contribution in [0.5, 0.6) is 0 Å². The van der Waals surface area contributed by atoms with Crippen LogP contribution < -0.4 is 10.2 Å². The van der Waals surface area contributed by atoms with Crippen molar-refractivity contribution in [1.82, 2.24) is 10.3 Å². The van der Waals surface area contributed by atoms with Gasteiger partial charge in [0.1, 0.15) is 5.82 Å². The van der Waals surface area contributed by atoms with Crippen molar-refractivity contribution in [3.8, 4) is 0 Å². The molecule has 1 saturated carbocycles. The molecule has 1 aromatic carbocycles. The van der Waals surface area contributed by atoms with Crippen LogP contribution >= 0.6 is 11.6 Å². The van der Waals surface area contributed by atoms with E-state index in [1.807, 2.05) is 32.0 Å². The summed E-state index contributed by atoms with van der Waals surface area (Å²) in [6.07, 6.45) is 4.41. The van der Waals surface area contributed by atoms with Crippen LogP contribution in [-0.2, 0) is 0 Å². The van der Waals surface area contributed by atoms with Crippen molar-refractivity contribution in [3.05, 3.63) is 34.9 Å². The summed E-state index contributed by atoms with van der Waals surface area (Å²) in [5.41, 5.74) is -0.479. The van der Waals surface area contributed by atoms with Crippen LogP contribution in [-0.4, -0.2) is 51.9 Å². The number of nitrogens with zero attached hydrogens (tertiary/aromatic N) is 2. The summed E-state index contributed by atoms with van der Waals surface area (Å²) in [6, 6.07) is 7.35. The Morgan fingerprint density at radius 1 is 1.31 bits per heavy atom. The largest absolute Gasteiger partial charge is 0.390 e. The van der Waals surface area contributed by atoms with Crippen LogP contribution in [0, 0.1) is 11.8 Å². The molecule has 174 valence electrons. The Labute approximate surface area is 195 Å². The van der Waals surface area contributed by atoms with E-state index in [1.165, 1.54) is 0 Å². The molecule has 2 aromatic rings. The van der Waals surface area contributed by atoms with Crippen molar-refractivity contribution in [1.29, 1.82) is 0 Å². The molecule has 1 aliphatic heterocycles. The molecule has 2 fully saturated rings. The molecule has 4 rings (SSSR count). The van der Waals surface area contributed by atoms with Crippen molar-refractivity contribution in [2.45, 2.75) is 64.1 Å². The lowest BCUT2D eigenvalue weighted by molar-refractivity contribution is -0.0109. The normalized spacial score (nSPS) is 26.5. The molecule has 1 aliphatic carbocycles. The minimum Gasteiger partial charge on any atom is -0.390 e. The highest BCUT2D eigenvalue weighted by molar-refractivity contribution is 6.35. The van der Waals surface area contributed by atoms with Crippen molar-refractivity contribution in [3.63, 3.8) is 0 Å². The monoisotopic (exact) mass is 459 g/mol. The van der Waals surface area contributed by atoms with Gasteiger partial charge in [-0.2, -0.15) is 0 Å². The molecule has 2 heterocycles. The van der Waals surface area contributed by atoms with Crippen LogP contribution in [0.15, 0.2) is 24.3 Å². The van der Waals surface area contributed by atoms with Gasteiger partial charge in [-0.05, 0) is 63.3 Å². The topological polar surface area (TPSA) is 85.7 Å². The standard InChI is InChI=1S/C25H34ClN3O3/c1-16-5-4-11-25(32,13-16)15-27-23(30)22-18-6-9-21(28-20(18)8-7-19(22)26)29-12-10-17(14-29)24(2,3)31/h6-9,16-17,31-32H,4-5,10-15H2,1-3H3,(H,27,30)/t16-,17-,25+/m1/s1. The average molecular weight is 460 g/mol. The molecule has 2 aliphatic rings. The number of nitrogens with one attached hydrogen (secondary N) is 1.